The quantitative estimate of drug-likeness (QED) is 0.579. The Morgan fingerprint density at radius 1 is 1.17 bits per heavy atom. The molecule has 0 N–H and O–H groups in total. The number of ketones is 1. The summed E-state index contributed by atoms with van der Waals surface area (Å²) in [7, 11) is 0. The fourth-order valence-corrected chi connectivity index (χ4v) is 3.66. The second-order valence-electron chi connectivity index (χ2n) is 7.18. The highest BCUT2D eigenvalue weighted by molar-refractivity contribution is 6.30. The number of piperazine rings is 1. The van der Waals surface area contributed by atoms with Crippen molar-refractivity contribution in [1.82, 2.24) is 15.0 Å². The normalized spacial score (nSPS) is 14.5. The van der Waals surface area contributed by atoms with Crippen LogP contribution in [0.15, 0.2) is 47.0 Å². The molecule has 4 rings (SSSR count). The SMILES string of the molecule is CC(=O)c1ccc(C#N)cc1N1CCN(Cc2nc(-c3ccc(Cl)cc3)no2)CC1. The van der Waals surface area contributed by atoms with E-state index in [1.807, 2.05) is 12.1 Å². The van der Waals surface area contributed by atoms with E-state index >= 15 is 0 Å². The van der Waals surface area contributed by atoms with Gasteiger partial charge < -0.3 is 9.42 Å². The fraction of sp³-hybridized carbons (Fsp3) is 0.273. The summed E-state index contributed by atoms with van der Waals surface area (Å²) in [6.07, 6.45) is 0. The van der Waals surface area contributed by atoms with Gasteiger partial charge in [-0.15, -0.1) is 0 Å². The van der Waals surface area contributed by atoms with Crippen molar-refractivity contribution in [2.24, 2.45) is 0 Å². The summed E-state index contributed by atoms with van der Waals surface area (Å²) in [6, 6.07) is 14.7. The molecule has 1 aliphatic heterocycles. The standard InChI is InChI=1S/C22H20ClN5O2/c1-15(29)19-7-2-16(13-24)12-20(19)28-10-8-27(9-11-28)14-21-25-22(26-30-21)17-3-5-18(23)6-4-17/h2-7,12H,8-11,14H2,1H3. The van der Waals surface area contributed by atoms with Crippen LogP contribution in [-0.4, -0.2) is 47.0 Å². The van der Waals surface area contributed by atoms with Gasteiger partial charge >= 0.3 is 0 Å². The number of carbonyl (C=O) groups is 1. The average molecular weight is 422 g/mol. The first-order chi connectivity index (χ1) is 14.5. The van der Waals surface area contributed by atoms with E-state index in [2.05, 4.69) is 26.0 Å². The average Bonchev–Trinajstić information content (AvgIpc) is 3.22. The van der Waals surface area contributed by atoms with Gasteiger partial charge in [-0.05, 0) is 49.4 Å². The number of nitrogens with zero attached hydrogens (tertiary/aromatic N) is 5. The maximum Gasteiger partial charge on any atom is 0.241 e. The lowest BCUT2D eigenvalue weighted by atomic mass is 10.0. The first kappa shape index (κ1) is 20.1. The Labute approximate surface area is 179 Å². The van der Waals surface area contributed by atoms with Crippen LogP contribution < -0.4 is 4.90 Å². The van der Waals surface area contributed by atoms with Crippen LogP contribution >= 0.6 is 11.6 Å². The third-order valence-electron chi connectivity index (χ3n) is 5.15. The van der Waals surface area contributed by atoms with Crippen LogP contribution in [0.3, 0.4) is 0 Å². The lowest BCUT2D eigenvalue weighted by Gasteiger charge is -2.36. The van der Waals surface area contributed by atoms with Crippen molar-refractivity contribution in [1.29, 1.82) is 5.26 Å². The van der Waals surface area contributed by atoms with Gasteiger partial charge in [-0.2, -0.15) is 10.2 Å². The van der Waals surface area contributed by atoms with Crippen molar-refractivity contribution < 1.29 is 9.32 Å². The van der Waals surface area contributed by atoms with Crippen LogP contribution in [0.5, 0.6) is 0 Å². The van der Waals surface area contributed by atoms with Gasteiger partial charge in [0, 0.05) is 48.0 Å². The molecular weight excluding hydrogens is 402 g/mol. The van der Waals surface area contributed by atoms with Gasteiger partial charge in [0.1, 0.15) is 0 Å². The molecule has 0 bridgehead atoms. The second kappa shape index (κ2) is 8.66. The number of benzene rings is 2. The third-order valence-corrected chi connectivity index (χ3v) is 5.40. The lowest BCUT2D eigenvalue weighted by molar-refractivity contribution is 0.101. The molecule has 1 fully saturated rings. The maximum absolute atomic E-state index is 12.0. The molecule has 7 nitrogen and oxygen atoms in total. The molecule has 3 aromatic rings. The smallest absolute Gasteiger partial charge is 0.241 e. The highest BCUT2D eigenvalue weighted by Crippen LogP contribution is 2.25. The number of aromatic nitrogens is 2. The first-order valence-corrected chi connectivity index (χ1v) is 10.0. The van der Waals surface area contributed by atoms with Gasteiger partial charge in [0.05, 0.1) is 18.2 Å². The van der Waals surface area contributed by atoms with E-state index in [1.54, 1.807) is 37.3 Å². The summed E-state index contributed by atoms with van der Waals surface area (Å²) in [5.41, 5.74) is 2.88. The summed E-state index contributed by atoms with van der Waals surface area (Å²) in [5, 5.41) is 13.9. The minimum atomic E-state index is -0.00231. The van der Waals surface area contributed by atoms with Gasteiger partial charge in [-0.3, -0.25) is 9.69 Å². The van der Waals surface area contributed by atoms with Crippen molar-refractivity contribution in [3.63, 3.8) is 0 Å². The minimum Gasteiger partial charge on any atom is -0.368 e. The zero-order valence-electron chi connectivity index (χ0n) is 16.5. The third kappa shape index (κ3) is 4.35. The Morgan fingerprint density at radius 2 is 1.90 bits per heavy atom. The Balaban J connectivity index is 1.41. The van der Waals surface area contributed by atoms with Gasteiger partial charge in [0.25, 0.3) is 0 Å². The molecule has 2 heterocycles. The molecule has 2 aromatic carbocycles. The first-order valence-electron chi connectivity index (χ1n) is 9.64. The summed E-state index contributed by atoms with van der Waals surface area (Å²) in [4.78, 5) is 20.9. The van der Waals surface area contributed by atoms with E-state index in [-0.39, 0.29) is 5.78 Å². The number of hydrogen-bond donors (Lipinski definition) is 0. The van der Waals surface area contributed by atoms with E-state index in [1.165, 1.54) is 0 Å². The number of anilines is 1. The molecule has 0 radical (unpaired) electrons. The van der Waals surface area contributed by atoms with Gasteiger partial charge in [0.2, 0.25) is 11.7 Å². The van der Waals surface area contributed by atoms with E-state index in [0.29, 0.717) is 34.4 Å². The molecule has 0 amide bonds. The predicted molar refractivity (Wildman–Crippen MR) is 113 cm³/mol. The van der Waals surface area contributed by atoms with Crippen LogP contribution in [-0.2, 0) is 6.54 Å². The lowest BCUT2D eigenvalue weighted by Crippen LogP contribution is -2.46. The molecule has 1 saturated heterocycles. The van der Waals surface area contributed by atoms with Crippen molar-refractivity contribution in [2.75, 3.05) is 31.1 Å². The number of nitriles is 1. The molecular formula is C22H20ClN5O2. The van der Waals surface area contributed by atoms with E-state index in [0.717, 1.165) is 37.4 Å². The molecule has 0 saturated carbocycles. The van der Waals surface area contributed by atoms with Crippen LogP contribution in [0.2, 0.25) is 5.02 Å². The zero-order valence-corrected chi connectivity index (χ0v) is 17.3. The van der Waals surface area contributed by atoms with Crippen molar-refractivity contribution in [3.05, 3.63) is 64.5 Å². The van der Waals surface area contributed by atoms with E-state index in [4.69, 9.17) is 16.1 Å². The topological polar surface area (TPSA) is 86.3 Å². The van der Waals surface area contributed by atoms with E-state index < -0.39 is 0 Å². The number of hydrogen-bond acceptors (Lipinski definition) is 7. The minimum absolute atomic E-state index is 0.00231. The van der Waals surface area contributed by atoms with Crippen LogP contribution in [0.1, 0.15) is 28.7 Å². The summed E-state index contributed by atoms with van der Waals surface area (Å²) < 4.78 is 5.41. The molecule has 0 spiro atoms. The van der Waals surface area contributed by atoms with Gasteiger partial charge in [-0.25, -0.2) is 0 Å². The molecule has 0 aliphatic carbocycles. The summed E-state index contributed by atoms with van der Waals surface area (Å²) >= 11 is 5.92. The Kier molecular flexibility index (Phi) is 5.79. The Morgan fingerprint density at radius 3 is 2.57 bits per heavy atom. The molecule has 0 atom stereocenters. The van der Waals surface area contributed by atoms with Crippen molar-refractivity contribution in [3.8, 4) is 17.5 Å². The highest BCUT2D eigenvalue weighted by Gasteiger charge is 2.22. The zero-order chi connectivity index (χ0) is 21.1. The summed E-state index contributed by atoms with van der Waals surface area (Å²) in [5.74, 6) is 1.10. The molecule has 8 heteroatoms. The van der Waals surface area contributed by atoms with E-state index in [9.17, 15) is 10.1 Å². The van der Waals surface area contributed by atoms with Crippen LogP contribution in [0, 0.1) is 11.3 Å². The van der Waals surface area contributed by atoms with Gasteiger partial charge in [0.15, 0.2) is 5.78 Å². The predicted octanol–water partition coefficient (Wildman–Crippen LogP) is 3.79. The Bertz CT molecular complexity index is 1100. The van der Waals surface area contributed by atoms with Crippen molar-refractivity contribution in [2.45, 2.75) is 13.5 Å². The largest absolute Gasteiger partial charge is 0.368 e. The Hall–Kier alpha value is -3.21. The number of carbonyl (C=O) groups excluding carboxylic acids is 1. The molecule has 1 aromatic heterocycles. The fourth-order valence-electron chi connectivity index (χ4n) is 3.53. The highest BCUT2D eigenvalue weighted by atomic mass is 35.5. The molecule has 30 heavy (non-hydrogen) atoms. The molecule has 1 aliphatic rings. The number of halogens is 1. The van der Waals surface area contributed by atoms with Crippen LogP contribution in [0.4, 0.5) is 5.69 Å². The number of rotatable bonds is 5. The summed E-state index contributed by atoms with van der Waals surface area (Å²) in [6.45, 7) is 5.17. The van der Waals surface area contributed by atoms with Crippen LogP contribution in [0.25, 0.3) is 11.4 Å². The monoisotopic (exact) mass is 421 g/mol. The maximum atomic E-state index is 12.0. The number of Topliss-reactive ketones (excluding diaryl/α,β-unsaturated/α-hetero) is 1. The molecule has 0 unspecified atom stereocenters. The second-order valence-corrected chi connectivity index (χ2v) is 7.62. The van der Waals surface area contributed by atoms with Crippen molar-refractivity contribution >= 4 is 23.1 Å². The molecule has 152 valence electrons. The van der Waals surface area contributed by atoms with Gasteiger partial charge in [-0.1, -0.05) is 16.8 Å².